The van der Waals surface area contributed by atoms with Gasteiger partial charge in [0.2, 0.25) is 0 Å². The SMILES string of the molecule is C=CCn1c(=O)n(CCN2CCN(c3ccccc3OC)CC2)c(=O)c2cscc21. The number of hydrogen-bond acceptors (Lipinski definition) is 6. The second-order valence-corrected chi connectivity index (χ2v) is 8.05. The van der Waals surface area contributed by atoms with E-state index in [2.05, 4.69) is 22.4 Å². The van der Waals surface area contributed by atoms with Crippen LogP contribution >= 0.6 is 11.3 Å². The van der Waals surface area contributed by atoms with Gasteiger partial charge in [0.05, 0.1) is 23.7 Å². The highest BCUT2D eigenvalue weighted by molar-refractivity contribution is 7.09. The monoisotopic (exact) mass is 426 g/mol. The maximum atomic E-state index is 12.9. The molecule has 3 heterocycles. The first-order chi connectivity index (χ1) is 14.6. The van der Waals surface area contributed by atoms with Crippen LogP contribution in [-0.4, -0.2) is 53.9 Å². The number of piperazine rings is 1. The molecule has 2 aromatic heterocycles. The maximum Gasteiger partial charge on any atom is 0.331 e. The van der Waals surface area contributed by atoms with Crippen molar-refractivity contribution in [3.63, 3.8) is 0 Å². The number of aromatic nitrogens is 2. The summed E-state index contributed by atoms with van der Waals surface area (Å²) in [5.74, 6) is 0.879. The number of thiophene rings is 1. The third kappa shape index (κ3) is 3.80. The molecule has 0 atom stereocenters. The zero-order valence-electron chi connectivity index (χ0n) is 17.1. The molecule has 158 valence electrons. The number of anilines is 1. The van der Waals surface area contributed by atoms with Crippen molar-refractivity contribution in [3.05, 3.63) is 68.5 Å². The number of rotatable bonds is 7. The fourth-order valence-corrected chi connectivity index (χ4v) is 4.80. The van der Waals surface area contributed by atoms with Crippen molar-refractivity contribution in [2.45, 2.75) is 13.1 Å². The van der Waals surface area contributed by atoms with E-state index < -0.39 is 0 Å². The van der Waals surface area contributed by atoms with Gasteiger partial charge in [-0.3, -0.25) is 18.8 Å². The molecule has 0 N–H and O–H groups in total. The number of methoxy groups -OCH3 is 1. The minimum absolute atomic E-state index is 0.204. The van der Waals surface area contributed by atoms with Crippen LogP contribution in [0.5, 0.6) is 5.75 Å². The van der Waals surface area contributed by atoms with Gasteiger partial charge < -0.3 is 9.64 Å². The lowest BCUT2D eigenvalue weighted by Crippen LogP contribution is -2.49. The fraction of sp³-hybridized carbons (Fsp3) is 0.364. The highest BCUT2D eigenvalue weighted by Crippen LogP contribution is 2.28. The molecule has 1 saturated heterocycles. The Balaban J connectivity index is 1.46. The lowest BCUT2D eigenvalue weighted by atomic mass is 10.2. The van der Waals surface area contributed by atoms with E-state index in [0.29, 0.717) is 30.5 Å². The highest BCUT2D eigenvalue weighted by atomic mass is 32.1. The summed E-state index contributed by atoms with van der Waals surface area (Å²) in [5.41, 5.74) is 1.32. The van der Waals surface area contributed by atoms with Crippen molar-refractivity contribution in [1.29, 1.82) is 0 Å². The van der Waals surface area contributed by atoms with Crippen molar-refractivity contribution in [3.8, 4) is 5.75 Å². The van der Waals surface area contributed by atoms with Crippen LogP contribution in [0.4, 0.5) is 5.69 Å². The van der Waals surface area contributed by atoms with E-state index in [9.17, 15) is 9.59 Å². The molecular weight excluding hydrogens is 400 g/mol. The summed E-state index contributed by atoms with van der Waals surface area (Å²) in [6.07, 6.45) is 1.68. The van der Waals surface area contributed by atoms with Gasteiger partial charge in [-0.15, -0.1) is 17.9 Å². The highest BCUT2D eigenvalue weighted by Gasteiger charge is 2.20. The summed E-state index contributed by atoms with van der Waals surface area (Å²) in [7, 11) is 1.69. The van der Waals surface area contributed by atoms with Crippen LogP contribution in [-0.2, 0) is 13.1 Å². The molecule has 1 aliphatic heterocycles. The van der Waals surface area contributed by atoms with Gasteiger partial charge in [0.15, 0.2) is 0 Å². The van der Waals surface area contributed by atoms with E-state index in [1.807, 2.05) is 29.0 Å². The third-order valence-electron chi connectivity index (χ3n) is 5.62. The van der Waals surface area contributed by atoms with Crippen LogP contribution in [0.3, 0.4) is 0 Å². The fourth-order valence-electron chi connectivity index (χ4n) is 3.99. The minimum atomic E-state index is -0.265. The lowest BCUT2D eigenvalue weighted by Gasteiger charge is -2.36. The molecule has 1 aromatic carbocycles. The first-order valence-corrected chi connectivity index (χ1v) is 11.0. The van der Waals surface area contributed by atoms with Crippen LogP contribution in [0.25, 0.3) is 10.9 Å². The standard InChI is InChI=1S/C22H26N4O3S/c1-3-8-25-19-16-30-15-17(19)21(27)26(22(25)28)14-11-23-9-12-24(13-10-23)18-6-4-5-7-20(18)29-2/h3-7,15-16H,1,8-14H2,2H3. The smallest absolute Gasteiger partial charge is 0.331 e. The van der Waals surface area contributed by atoms with Crippen LogP contribution in [0.15, 0.2) is 57.3 Å². The van der Waals surface area contributed by atoms with Crippen LogP contribution in [0, 0.1) is 0 Å². The first kappa shape index (κ1) is 20.4. The average Bonchev–Trinajstić information content (AvgIpc) is 3.27. The lowest BCUT2D eigenvalue weighted by molar-refractivity contribution is 0.244. The van der Waals surface area contributed by atoms with Gasteiger partial charge in [-0.2, -0.15) is 0 Å². The Morgan fingerprint density at radius 3 is 2.57 bits per heavy atom. The second-order valence-electron chi connectivity index (χ2n) is 7.31. The van der Waals surface area contributed by atoms with Crippen molar-refractivity contribution >= 4 is 27.9 Å². The van der Waals surface area contributed by atoms with Gasteiger partial charge in [-0.25, -0.2) is 4.79 Å². The summed E-state index contributed by atoms with van der Waals surface area (Å²) in [6.45, 7) is 8.67. The molecule has 7 nitrogen and oxygen atoms in total. The van der Waals surface area contributed by atoms with Gasteiger partial charge in [0, 0.05) is 56.6 Å². The number of benzene rings is 1. The molecule has 30 heavy (non-hydrogen) atoms. The quantitative estimate of drug-likeness (QED) is 0.543. The van der Waals surface area contributed by atoms with Gasteiger partial charge in [-0.1, -0.05) is 18.2 Å². The Morgan fingerprint density at radius 1 is 1.07 bits per heavy atom. The summed E-state index contributed by atoms with van der Waals surface area (Å²) in [6, 6.07) is 8.04. The van der Waals surface area contributed by atoms with E-state index in [4.69, 9.17) is 4.74 Å². The summed E-state index contributed by atoms with van der Waals surface area (Å²) in [5, 5.41) is 4.27. The van der Waals surface area contributed by atoms with Crippen molar-refractivity contribution in [2.24, 2.45) is 0 Å². The Labute approximate surface area is 179 Å². The Bertz CT molecular complexity index is 1160. The van der Waals surface area contributed by atoms with E-state index in [1.165, 1.54) is 15.9 Å². The normalized spacial score (nSPS) is 14.9. The van der Waals surface area contributed by atoms with E-state index in [-0.39, 0.29) is 11.2 Å². The Kier molecular flexibility index (Phi) is 6.06. The first-order valence-electron chi connectivity index (χ1n) is 10.0. The average molecular weight is 427 g/mol. The molecule has 3 aromatic rings. The van der Waals surface area contributed by atoms with Gasteiger partial charge in [0.25, 0.3) is 5.56 Å². The van der Waals surface area contributed by atoms with E-state index in [0.717, 1.165) is 37.6 Å². The van der Waals surface area contributed by atoms with E-state index in [1.54, 1.807) is 17.8 Å². The zero-order chi connectivity index (χ0) is 21.1. The molecule has 8 heteroatoms. The molecule has 1 aliphatic rings. The molecule has 4 rings (SSSR count). The van der Waals surface area contributed by atoms with Crippen LogP contribution in [0.2, 0.25) is 0 Å². The van der Waals surface area contributed by atoms with Gasteiger partial charge >= 0.3 is 5.69 Å². The van der Waals surface area contributed by atoms with Gasteiger partial charge in [-0.05, 0) is 12.1 Å². The number of ether oxygens (including phenoxy) is 1. The summed E-state index contributed by atoms with van der Waals surface area (Å²) in [4.78, 5) is 30.4. The molecule has 0 unspecified atom stereocenters. The molecule has 0 radical (unpaired) electrons. The third-order valence-corrected chi connectivity index (χ3v) is 6.35. The predicted octanol–water partition coefficient (Wildman–Crippen LogP) is 2.24. The number of nitrogens with zero attached hydrogens (tertiary/aromatic N) is 4. The molecule has 0 bridgehead atoms. The minimum Gasteiger partial charge on any atom is -0.495 e. The summed E-state index contributed by atoms with van der Waals surface area (Å²) < 4.78 is 8.47. The van der Waals surface area contributed by atoms with Crippen LogP contribution in [0.1, 0.15) is 0 Å². The van der Waals surface area contributed by atoms with Crippen molar-refractivity contribution in [1.82, 2.24) is 14.0 Å². The van der Waals surface area contributed by atoms with Gasteiger partial charge in [0.1, 0.15) is 5.75 Å². The molecule has 0 spiro atoms. The number of hydrogen-bond donors (Lipinski definition) is 0. The molecular formula is C22H26N4O3S. The summed E-state index contributed by atoms with van der Waals surface area (Å²) >= 11 is 1.44. The molecule has 1 fully saturated rings. The topological polar surface area (TPSA) is 59.7 Å². The predicted molar refractivity (Wildman–Crippen MR) is 122 cm³/mol. The van der Waals surface area contributed by atoms with Crippen molar-refractivity contribution < 1.29 is 4.74 Å². The zero-order valence-corrected chi connectivity index (χ0v) is 17.9. The van der Waals surface area contributed by atoms with E-state index >= 15 is 0 Å². The van der Waals surface area contributed by atoms with Crippen molar-refractivity contribution in [2.75, 3.05) is 44.7 Å². The number of fused-ring (bicyclic) bond motifs is 1. The maximum absolute atomic E-state index is 12.9. The Morgan fingerprint density at radius 2 is 1.83 bits per heavy atom. The Hall–Kier alpha value is -2.84. The largest absolute Gasteiger partial charge is 0.495 e. The molecule has 0 aliphatic carbocycles. The number of allylic oxidation sites excluding steroid dienone is 1. The molecule has 0 saturated carbocycles. The number of para-hydroxylation sites is 2. The molecule has 0 amide bonds. The van der Waals surface area contributed by atoms with Crippen LogP contribution < -0.4 is 20.9 Å². The second kappa shape index (κ2) is 8.89.